The number of rotatable bonds is 2. The van der Waals surface area contributed by atoms with Gasteiger partial charge in [-0.3, -0.25) is 0 Å². The van der Waals surface area contributed by atoms with Gasteiger partial charge in [-0.2, -0.15) is 0 Å². The minimum absolute atomic E-state index is 0.441. The van der Waals surface area contributed by atoms with Crippen LogP contribution in [0.3, 0.4) is 0 Å². The number of halogens is 3. The molecule has 1 N–H and O–H groups in total. The monoisotopic (exact) mass is 370 g/mol. The van der Waals surface area contributed by atoms with Crippen LogP contribution in [0.25, 0.3) is 11.0 Å². The lowest BCUT2D eigenvalue weighted by molar-refractivity contribution is 0.191. The van der Waals surface area contributed by atoms with Gasteiger partial charge in [0.1, 0.15) is 11.9 Å². The Morgan fingerprint density at radius 2 is 1.90 bits per heavy atom. The lowest BCUT2D eigenvalue weighted by Crippen LogP contribution is -1.98. The fourth-order valence-corrected chi connectivity index (χ4v) is 3.18. The van der Waals surface area contributed by atoms with Gasteiger partial charge < -0.3 is 9.52 Å². The molecule has 0 aliphatic heterocycles. The molecule has 0 radical (unpaired) electrons. The summed E-state index contributed by atoms with van der Waals surface area (Å²) in [6.07, 6.45) is -0.884. The molecule has 3 aromatic rings. The Balaban J connectivity index is 2.08. The molecular weight excluding hydrogens is 363 g/mol. The lowest BCUT2D eigenvalue weighted by Gasteiger charge is -2.10. The Hall–Kier alpha value is -1.000. The highest BCUT2D eigenvalue weighted by atomic mass is 79.9. The molecule has 102 valence electrons. The average Bonchev–Trinajstić information content (AvgIpc) is 2.83. The number of hydrogen-bond acceptors (Lipinski definition) is 2. The molecule has 1 atom stereocenters. The molecule has 2 nitrogen and oxygen atoms in total. The van der Waals surface area contributed by atoms with Crippen molar-refractivity contribution in [1.29, 1.82) is 0 Å². The first-order valence-electron chi connectivity index (χ1n) is 5.87. The van der Waals surface area contributed by atoms with Crippen molar-refractivity contribution in [3.63, 3.8) is 0 Å². The van der Waals surface area contributed by atoms with E-state index in [1.165, 1.54) is 0 Å². The third kappa shape index (κ3) is 2.47. The highest BCUT2D eigenvalue weighted by molar-refractivity contribution is 9.10. The van der Waals surface area contributed by atoms with Gasteiger partial charge in [-0.15, -0.1) is 0 Å². The predicted octanol–water partition coefficient (Wildman–Crippen LogP) is 5.58. The number of benzene rings is 2. The molecule has 0 fully saturated rings. The van der Waals surface area contributed by atoms with Crippen molar-refractivity contribution in [2.24, 2.45) is 0 Å². The SMILES string of the molecule is OC(c1cc2cccc(Cl)c2o1)c1ccc(Cl)cc1Br. The van der Waals surface area contributed by atoms with Crippen LogP contribution in [0.5, 0.6) is 0 Å². The quantitative estimate of drug-likeness (QED) is 0.637. The Morgan fingerprint density at radius 3 is 2.60 bits per heavy atom. The maximum atomic E-state index is 10.4. The van der Waals surface area contributed by atoms with Crippen molar-refractivity contribution in [3.8, 4) is 0 Å². The Kier molecular flexibility index (Phi) is 3.78. The maximum absolute atomic E-state index is 10.4. The predicted molar refractivity (Wildman–Crippen MR) is 84.4 cm³/mol. The van der Waals surface area contributed by atoms with Gasteiger partial charge in [-0.25, -0.2) is 0 Å². The molecule has 5 heteroatoms. The topological polar surface area (TPSA) is 33.4 Å². The smallest absolute Gasteiger partial charge is 0.153 e. The molecule has 0 saturated heterocycles. The largest absolute Gasteiger partial charge is 0.456 e. The summed E-state index contributed by atoms with van der Waals surface area (Å²) in [5, 5.41) is 12.4. The minimum Gasteiger partial charge on any atom is -0.456 e. The first-order valence-corrected chi connectivity index (χ1v) is 7.42. The fraction of sp³-hybridized carbons (Fsp3) is 0.0667. The Morgan fingerprint density at radius 1 is 1.10 bits per heavy atom. The van der Waals surface area contributed by atoms with Crippen LogP contribution in [0.15, 0.2) is 51.4 Å². The second-order valence-electron chi connectivity index (χ2n) is 4.38. The minimum atomic E-state index is -0.884. The van der Waals surface area contributed by atoms with Crippen LogP contribution in [0.4, 0.5) is 0 Å². The van der Waals surface area contributed by atoms with E-state index in [4.69, 9.17) is 27.6 Å². The van der Waals surface area contributed by atoms with Crippen molar-refractivity contribution in [1.82, 2.24) is 0 Å². The molecule has 0 amide bonds. The van der Waals surface area contributed by atoms with Gasteiger partial charge in [0.05, 0.1) is 5.02 Å². The van der Waals surface area contributed by atoms with Gasteiger partial charge in [0.2, 0.25) is 0 Å². The summed E-state index contributed by atoms with van der Waals surface area (Å²) >= 11 is 15.4. The van der Waals surface area contributed by atoms with Gasteiger partial charge in [-0.1, -0.05) is 57.3 Å². The molecule has 0 spiro atoms. The van der Waals surface area contributed by atoms with Crippen LogP contribution in [-0.2, 0) is 0 Å². The molecule has 1 heterocycles. The Bertz CT molecular complexity index is 783. The number of aliphatic hydroxyl groups is 1. The molecule has 3 rings (SSSR count). The number of fused-ring (bicyclic) bond motifs is 1. The third-order valence-electron chi connectivity index (χ3n) is 3.04. The van der Waals surface area contributed by atoms with Crippen LogP contribution in [0.2, 0.25) is 10.0 Å². The summed E-state index contributed by atoms with van der Waals surface area (Å²) in [6.45, 7) is 0. The van der Waals surface area contributed by atoms with Crippen molar-refractivity contribution in [2.45, 2.75) is 6.10 Å². The standard InChI is InChI=1S/C15H9BrCl2O2/c16-11-7-9(17)4-5-10(11)14(19)13-6-8-2-1-3-12(18)15(8)20-13/h1-7,14,19H. The zero-order chi connectivity index (χ0) is 14.3. The van der Waals surface area contributed by atoms with Gasteiger partial charge in [-0.05, 0) is 24.3 Å². The van der Waals surface area contributed by atoms with Gasteiger partial charge in [0.15, 0.2) is 5.58 Å². The van der Waals surface area contributed by atoms with E-state index in [-0.39, 0.29) is 0 Å². The van der Waals surface area contributed by atoms with Crippen molar-refractivity contribution < 1.29 is 9.52 Å². The number of aliphatic hydroxyl groups excluding tert-OH is 1. The van der Waals surface area contributed by atoms with E-state index in [2.05, 4.69) is 15.9 Å². The number of hydrogen-bond donors (Lipinski definition) is 1. The van der Waals surface area contributed by atoms with Crippen LogP contribution in [-0.4, -0.2) is 5.11 Å². The van der Waals surface area contributed by atoms with Crippen LogP contribution >= 0.6 is 39.1 Å². The van der Waals surface area contributed by atoms with Crippen LogP contribution in [0, 0.1) is 0 Å². The molecule has 0 saturated carbocycles. The van der Waals surface area contributed by atoms with Crippen molar-refractivity contribution in [3.05, 3.63) is 68.3 Å². The van der Waals surface area contributed by atoms with E-state index < -0.39 is 6.10 Å². The normalized spacial score (nSPS) is 12.8. The lowest BCUT2D eigenvalue weighted by atomic mass is 10.1. The number of para-hydroxylation sites is 1. The first kappa shape index (κ1) is 14.0. The van der Waals surface area contributed by atoms with Gasteiger partial charge in [0, 0.05) is 20.4 Å². The van der Waals surface area contributed by atoms with Gasteiger partial charge >= 0.3 is 0 Å². The second-order valence-corrected chi connectivity index (χ2v) is 6.07. The molecular formula is C15H9BrCl2O2. The van der Waals surface area contributed by atoms with E-state index in [0.29, 0.717) is 27.0 Å². The van der Waals surface area contributed by atoms with E-state index in [0.717, 1.165) is 9.86 Å². The third-order valence-corrected chi connectivity index (χ3v) is 4.26. The highest BCUT2D eigenvalue weighted by Crippen LogP contribution is 2.35. The summed E-state index contributed by atoms with van der Waals surface area (Å²) in [6, 6.07) is 12.5. The maximum Gasteiger partial charge on any atom is 0.153 e. The Labute approximate surface area is 134 Å². The van der Waals surface area contributed by atoms with Gasteiger partial charge in [0.25, 0.3) is 0 Å². The van der Waals surface area contributed by atoms with E-state index in [9.17, 15) is 5.11 Å². The molecule has 0 aliphatic carbocycles. The summed E-state index contributed by atoms with van der Waals surface area (Å²) < 4.78 is 6.39. The molecule has 20 heavy (non-hydrogen) atoms. The summed E-state index contributed by atoms with van der Waals surface area (Å²) in [4.78, 5) is 0. The molecule has 2 aromatic carbocycles. The number of furan rings is 1. The summed E-state index contributed by atoms with van der Waals surface area (Å²) in [7, 11) is 0. The zero-order valence-electron chi connectivity index (χ0n) is 10.1. The van der Waals surface area contributed by atoms with E-state index >= 15 is 0 Å². The highest BCUT2D eigenvalue weighted by Gasteiger charge is 2.19. The molecule has 1 aromatic heterocycles. The van der Waals surface area contributed by atoms with Crippen molar-refractivity contribution in [2.75, 3.05) is 0 Å². The van der Waals surface area contributed by atoms with E-state index in [1.54, 1.807) is 30.3 Å². The molecule has 0 aliphatic rings. The van der Waals surface area contributed by atoms with Crippen LogP contribution in [0.1, 0.15) is 17.4 Å². The first-order chi connectivity index (χ1) is 9.56. The zero-order valence-corrected chi connectivity index (χ0v) is 13.2. The second kappa shape index (κ2) is 5.41. The molecule has 0 bridgehead atoms. The van der Waals surface area contributed by atoms with Crippen molar-refractivity contribution >= 4 is 50.1 Å². The van der Waals surface area contributed by atoms with E-state index in [1.807, 2.05) is 12.1 Å². The summed E-state index contributed by atoms with van der Waals surface area (Å²) in [5.74, 6) is 0.441. The average molecular weight is 372 g/mol. The fourth-order valence-electron chi connectivity index (χ4n) is 2.06. The summed E-state index contributed by atoms with van der Waals surface area (Å²) in [5.41, 5.74) is 1.26. The molecule has 1 unspecified atom stereocenters. The van der Waals surface area contributed by atoms with Crippen LogP contribution < -0.4 is 0 Å².